The Hall–Kier alpha value is -3.16. The summed E-state index contributed by atoms with van der Waals surface area (Å²) in [4.78, 5) is 33.7. The number of fused-ring (bicyclic) bond motifs is 1. The van der Waals surface area contributed by atoms with Crippen LogP contribution in [0.4, 0.5) is 0 Å². The Kier molecular flexibility index (Phi) is 4.86. The second-order valence-electron chi connectivity index (χ2n) is 6.92. The van der Waals surface area contributed by atoms with Gasteiger partial charge in [-0.25, -0.2) is 9.67 Å². The molecule has 3 heterocycles. The fourth-order valence-electron chi connectivity index (χ4n) is 3.54. The van der Waals surface area contributed by atoms with Gasteiger partial charge in [-0.2, -0.15) is 5.10 Å². The Morgan fingerprint density at radius 1 is 1.30 bits per heavy atom. The summed E-state index contributed by atoms with van der Waals surface area (Å²) in [5.74, 6) is 0.177. The minimum atomic E-state index is -0.114. The topological polar surface area (TPSA) is 95.9 Å². The van der Waals surface area contributed by atoms with Crippen molar-refractivity contribution in [1.29, 1.82) is 0 Å². The van der Waals surface area contributed by atoms with Gasteiger partial charge in [-0.1, -0.05) is 18.2 Å². The summed E-state index contributed by atoms with van der Waals surface area (Å²) in [5.41, 5.74) is 1.51. The van der Waals surface area contributed by atoms with Gasteiger partial charge in [-0.15, -0.1) is 0 Å². The van der Waals surface area contributed by atoms with Crippen LogP contribution in [0.15, 0.2) is 43.0 Å². The SMILES string of the molecule is O=C(NCC1CCCN(C(=O)Cn2cncn2)C1)c1cc2ccccc2[nH]1. The number of hydrogen-bond acceptors (Lipinski definition) is 4. The molecular weight excluding hydrogens is 344 g/mol. The van der Waals surface area contributed by atoms with Crippen molar-refractivity contribution < 1.29 is 9.59 Å². The van der Waals surface area contributed by atoms with Crippen LogP contribution in [0.3, 0.4) is 0 Å². The zero-order valence-corrected chi connectivity index (χ0v) is 15.0. The molecule has 1 saturated heterocycles. The molecule has 0 saturated carbocycles. The number of hydrogen-bond donors (Lipinski definition) is 2. The summed E-state index contributed by atoms with van der Waals surface area (Å²) in [6.45, 7) is 2.16. The number of aromatic amines is 1. The molecule has 2 amide bonds. The first-order valence-electron chi connectivity index (χ1n) is 9.15. The van der Waals surface area contributed by atoms with E-state index in [1.54, 1.807) is 6.33 Å². The number of nitrogens with zero attached hydrogens (tertiary/aromatic N) is 4. The van der Waals surface area contributed by atoms with Gasteiger partial charge in [0, 0.05) is 30.5 Å². The number of amides is 2. The van der Waals surface area contributed by atoms with Crippen LogP contribution < -0.4 is 5.32 Å². The van der Waals surface area contributed by atoms with Crippen LogP contribution in [0.5, 0.6) is 0 Å². The van der Waals surface area contributed by atoms with Crippen molar-refractivity contribution in [3.8, 4) is 0 Å². The zero-order chi connectivity index (χ0) is 18.6. The van der Waals surface area contributed by atoms with Crippen LogP contribution >= 0.6 is 0 Å². The van der Waals surface area contributed by atoms with Crippen LogP contribution in [0, 0.1) is 5.92 Å². The molecule has 140 valence electrons. The van der Waals surface area contributed by atoms with Crippen LogP contribution in [0.2, 0.25) is 0 Å². The number of benzene rings is 1. The third-order valence-corrected chi connectivity index (χ3v) is 4.96. The highest BCUT2D eigenvalue weighted by Crippen LogP contribution is 2.17. The third-order valence-electron chi connectivity index (χ3n) is 4.96. The maximum absolute atomic E-state index is 12.4. The molecule has 1 fully saturated rings. The minimum Gasteiger partial charge on any atom is -0.351 e. The van der Waals surface area contributed by atoms with Gasteiger partial charge in [0.05, 0.1) is 0 Å². The molecule has 1 aromatic carbocycles. The van der Waals surface area contributed by atoms with E-state index < -0.39 is 0 Å². The van der Waals surface area contributed by atoms with Crippen LogP contribution in [0.25, 0.3) is 10.9 Å². The van der Waals surface area contributed by atoms with E-state index in [0.717, 1.165) is 30.3 Å². The van der Waals surface area contributed by atoms with Crippen LogP contribution in [-0.2, 0) is 11.3 Å². The van der Waals surface area contributed by atoms with Crippen molar-refractivity contribution in [3.63, 3.8) is 0 Å². The van der Waals surface area contributed by atoms with E-state index in [2.05, 4.69) is 20.4 Å². The molecule has 0 spiro atoms. The predicted octanol–water partition coefficient (Wildman–Crippen LogP) is 1.43. The summed E-state index contributed by atoms with van der Waals surface area (Å²) in [7, 11) is 0. The first-order chi connectivity index (χ1) is 13.2. The summed E-state index contributed by atoms with van der Waals surface area (Å²) in [6, 6.07) is 9.67. The van der Waals surface area contributed by atoms with E-state index in [1.807, 2.05) is 35.2 Å². The van der Waals surface area contributed by atoms with Crippen molar-refractivity contribution in [2.75, 3.05) is 19.6 Å². The highest BCUT2D eigenvalue weighted by molar-refractivity contribution is 5.97. The molecule has 3 aromatic rings. The predicted molar refractivity (Wildman–Crippen MR) is 100.0 cm³/mol. The lowest BCUT2D eigenvalue weighted by Crippen LogP contribution is -2.44. The Morgan fingerprint density at radius 3 is 3.00 bits per heavy atom. The van der Waals surface area contributed by atoms with E-state index in [9.17, 15) is 9.59 Å². The van der Waals surface area contributed by atoms with Crippen molar-refractivity contribution in [3.05, 3.63) is 48.7 Å². The van der Waals surface area contributed by atoms with Crippen molar-refractivity contribution >= 4 is 22.7 Å². The minimum absolute atomic E-state index is 0.0344. The number of nitrogens with one attached hydrogen (secondary N) is 2. The first kappa shape index (κ1) is 17.3. The van der Waals surface area contributed by atoms with Gasteiger partial charge < -0.3 is 15.2 Å². The molecule has 1 unspecified atom stereocenters. The lowest BCUT2D eigenvalue weighted by Gasteiger charge is -2.32. The molecule has 8 nitrogen and oxygen atoms in total. The lowest BCUT2D eigenvalue weighted by molar-refractivity contribution is -0.133. The van der Waals surface area contributed by atoms with Gasteiger partial charge in [0.1, 0.15) is 24.9 Å². The number of aromatic nitrogens is 4. The fraction of sp³-hybridized carbons (Fsp3) is 0.368. The van der Waals surface area contributed by atoms with E-state index in [4.69, 9.17) is 0 Å². The molecule has 1 aliphatic heterocycles. The molecular formula is C19H22N6O2. The van der Waals surface area contributed by atoms with E-state index in [-0.39, 0.29) is 24.3 Å². The molecule has 2 aromatic heterocycles. The fourth-order valence-corrected chi connectivity index (χ4v) is 3.54. The van der Waals surface area contributed by atoms with Gasteiger partial charge >= 0.3 is 0 Å². The summed E-state index contributed by atoms with van der Waals surface area (Å²) >= 11 is 0. The monoisotopic (exact) mass is 366 g/mol. The summed E-state index contributed by atoms with van der Waals surface area (Å²) < 4.78 is 1.53. The number of carbonyl (C=O) groups excluding carboxylic acids is 2. The second kappa shape index (κ2) is 7.61. The molecule has 8 heteroatoms. The lowest BCUT2D eigenvalue weighted by atomic mass is 9.98. The largest absolute Gasteiger partial charge is 0.351 e. The van der Waals surface area contributed by atoms with E-state index in [0.29, 0.717) is 18.8 Å². The highest BCUT2D eigenvalue weighted by Gasteiger charge is 2.24. The summed E-state index contributed by atoms with van der Waals surface area (Å²) in [6.07, 6.45) is 4.90. The van der Waals surface area contributed by atoms with Gasteiger partial charge in [-0.05, 0) is 30.9 Å². The average molecular weight is 366 g/mol. The molecule has 1 aliphatic rings. The molecule has 0 bridgehead atoms. The van der Waals surface area contributed by atoms with Gasteiger partial charge in [0.15, 0.2) is 0 Å². The van der Waals surface area contributed by atoms with Gasteiger partial charge in [-0.3, -0.25) is 9.59 Å². The summed E-state index contributed by atoms with van der Waals surface area (Å²) in [5, 5.41) is 8.00. The molecule has 0 aliphatic carbocycles. The average Bonchev–Trinajstić information content (AvgIpc) is 3.35. The number of H-pyrrole nitrogens is 1. The Labute approximate surface area is 156 Å². The Bertz CT molecular complexity index is 900. The van der Waals surface area contributed by atoms with Crippen molar-refractivity contribution in [2.24, 2.45) is 5.92 Å². The maximum atomic E-state index is 12.4. The normalized spacial score (nSPS) is 17.2. The standard InChI is InChI=1S/C19H22N6O2/c26-18(11-25-13-20-12-22-25)24-7-3-4-14(10-24)9-21-19(27)17-8-15-5-1-2-6-16(15)23-17/h1-2,5-6,8,12-14,23H,3-4,7,9-11H2,(H,21,27). The Morgan fingerprint density at radius 2 is 2.19 bits per heavy atom. The highest BCUT2D eigenvalue weighted by atomic mass is 16.2. The van der Waals surface area contributed by atoms with Crippen LogP contribution in [-0.4, -0.2) is 56.1 Å². The number of carbonyl (C=O) groups is 2. The van der Waals surface area contributed by atoms with Crippen molar-refractivity contribution in [1.82, 2.24) is 30.0 Å². The van der Waals surface area contributed by atoms with E-state index >= 15 is 0 Å². The number of piperidine rings is 1. The van der Waals surface area contributed by atoms with Gasteiger partial charge in [0.25, 0.3) is 5.91 Å². The number of rotatable bonds is 5. The van der Waals surface area contributed by atoms with Gasteiger partial charge in [0.2, 0.25) is 5.91 Å². The smallest absolute Gasteiger partial charge is 0.267 e. The Balaban J connectivity index is 1.31. The van der Waals surface area contributed by atoms with Crippen LogP contribution in [0.1, 0.15) is 23.3 Å². The van der Waals surface area contributed by atoms with Crippen molar-refractivity contribution in [2.45, 2.75) is 19.4 Å². The zero-order valence-electron chi connectivity index (χ0n) is 15.0. The van der Waals surface area contributed by atoms with E-state index in [1.165, 1.54) is 11.0 Å². The maximum Gasteiger partial charge on any atom is 0.267 e. The number of para-hydroxylation sites is 1. The third kappa shape index (κ3) is 3.99. The molecule has 4 rings (SSSR count). The second-order valence-corrected chi connectivity index (χ2v) is 6.92. The number of likely N-dealkylation sites (tertiary alicyclic amines) is 1. The molecule has 2 N–H and O–H groups in total. The quantitative estimate of drug-likeness (QED) is 0.714. The first-order valence-corrected chi connectivity index (χ1v) is 9.15. The molecule has 27 heavy (non-hydrogen) atoms. The molecule has 1 atom stereocenters. The molecule has 0 radical (unpaired) electrons.